The largest absolute Gasteiger partial charge is 0.497 e. The van der Waals surface area contributed by atoms with Gasteiger partial charge in [0.05, 0.1) is 31.7 Å². The number of amides is 3. The maximum absolute atomic E-state index is 14.2. The highest BCUT2D eigenvalue weighted by atomic mass is 16.5. The second-order valence-corrected chi connectivity index (χ2v) is 11.9. The van der Waals surface area contributed by atoms with Crippen LogP contribution in [0.5, 0.6) is 11.5 Å². The number of rotatable bonds is 7. The van der Waals surface area contributed by atoms with Crippen LogP contribution in [0.15, 0.2) is 93.8 Å². The number of benzene rings is 3. The van der Waals surface area contributed by atoms with Crippen LogP contribution < -0.4 is 14.4 Å². The van der Waals surface area contributed by atoms with Gasteiger partial charge in [-0.15, -0.1) is 0 Å². The first kappa shape index (κ1) is 29.4. The molecule has 1 saturated heterocycles. The van der Waals surface area contributed by atoms with Crippen molar-refractivity contribution in [2.45, 2.75) is 44.3 Å². The highest BCUT2D eigenvalue weighted by molar-refractivity contribution is 6.25. The molecule has 11 heteroatoms. The van der Waals surface area contributed by atoms with Crippen molar-refractivity contribution in [1.29, 1.82) is 0 Å². The van der Waals surface area contributed by atoms with E-state index >= 15 is 0 Å². The summed E-state index contributed by atoms with van der Waals surface area (Å²) in [6.45, 7) is 1.68. The fourth-order valence-electron chi connectivity index (χ4n) is 6.76. The molecule has 0 N–H and O–H groups in total. The minimum absolute atomic E-state index is 0.0183. The molecule has 0 aromatic heterocycles. The number of allylic oxidation sites excluding steroid dienone is 1. The van der Waals surface area contributed by atoms with Crippen molar-refractivity contribution < 1.29 is 23.9 Å². The van der Waals surface area contributed by atoms with Crippen molar-refractivity contribution in [3.63, 3.8) is 0 Å². The van der Waals surface area contributed by atoms with Gasteiger partial charge in [-0.1, -0.05) is 47.2 Å². The summed E-state index contributed by atoms with van der Waals surface area (Å²) in [5, 5.41) is 16.1. The van der Waals surface area contributed by atoms with Crippen LogP contribution in [0.3, 0.4) is 0 Å². The zero-order valence-electron chi connectivity index (χ0n) is 25.9. The van der Waals surface area contributed by atoms with Gasteiger partial charge in [-0.25, -0.2) is 9.91 Å². The zero-order valence-corrected chi connectivity index (χ0v) is 25.9. The Morgan fingerprint density at radius 2 is 1.57 bits per heavy atom. The van der Waals surface area contributed by atoms with E-state index in [0.29, 0.717) is 5.69 Å². The lowest BCUT2D eigenvalue weighted by Gasteiger charge is -2.30. The quantitative estimate of drug-likeness (QED) is 0.339. The molecule has 46 heavy (non-hydrogen) atoms. The maximum Gasteiger partial charge on any atom is 0.264 e. The Balaban J connectivity index is 1.18. The standard InChI is InChI=1S/C35H34N6O5/c1-21-7-13-25(14-8-21)40-34(43)31-33(35(40)44)39(38-36-31)20-29(42)41-32(23-11-17-27(46-3)18-12-23)28-6-4-5-24(30(28)37-41)19-22-9-15-26(45-2)16-10-22/h7-19,28,31-33H,4-6,20H2,1-3H3/b24-19+/t28-,31+,32-,33+/m1/s1. The third kappa shape index (κ3) is 5.11. The van der Waals surface area contributed by atoms with Crippen LogP contribution in [0.25, 0.3) is 6.08 Å². The van der Waals surface area contributed by atoms with E-state index in [1.165, 1.54) is 10.0 Å². The minimum atomic E-state index is -0.995. The Kier molecular flexibility index (Phi) is 7.59. The molecule has 4 aliphatic rings. The number of hydrogen-bond donors (Lipinski definition) is 0. The number of aryl methyl sites for hydroxylation is 1. The summed E-state index contributed by atoms with van der Waals surface area (Å²) in [5.41, 5.74) is 5.41. The third-order valence-corrected chi connectivity index (χ3v) is 9.12. The lowest BCUT2D eigenvalue weighted by Crippen LogP contribution is -2.45. The number of hydrogen-bond acceptors (Lipinski definition) is 9. The Bertz CT molecular complexity index is 1770. The van der Waals surface area contributed by atoms with Gasteiger partial charge < -0.3 is 9.47 Å². The number of hydrazone groups is 1. The van der Waals surface area contributed by atoms with Crippen molar-refractivity contribution in [2.24, 2.45) is 21.4 Å². The fraction of sp³-hybridized carbons (Fsp3) is 0.314. The van der Waals surface area contributed by atoms with Gasteiger partial charge in [-0.05, 0) is 85.4 Å². The Morgan fingerprint density at radius 3 is 2.24 bits per heavy atom. The average Bonchev–Trinajstić information content (AvgIpc) is 3.75. The molecule has 0 bridgehead atoms. The highest BCUT2D eigenvalue weighted by Crippen LogP contribution is 2.45. The molecule has 3 heterocycles. The maximum atomic E-state index is 14.2. The molecule has 3 amide bonds. The van der Waals surface area contributed by atoms with E-state index in [2.05, 4.69) is 16.4 Å². The molecule has 4 atom stereocenters. The molecule has 0 unspecified atom stereocenters. The molecule has 234 valence electrons. The van der Waals surface area contributed by atoms with E-state index < -0.39 is 23.9 Å². The molecule has 7 rings (SSSR count). The number of anilines is 1. The fourth-order valence-corrected chi connectivity index (χ4v) is 6.76. The van der Waals surface area contributed by atoms with E-state index in [0.717, 1.165) is 63.6 Å². The van der Waals surface area contributed by atoms with Gasteiger partial charge in [0, 0.05) is 5.92 Å². The molecule has 3 aromatic carbocycles. The van der Waals surface area contributed by atoms with Crippen LogP contribution in [0, 0.1) is 12.8 Å². The molecule has 1 aliphatic carbocycles. The summed E-state index contributed by atoms with van der Waals surface area (Å²) in [5.74, 6) is 0.249. The average molecular weight is 619 g/mol. The van der Waals surface area contributed by atoms with E-state index in [-0.39, 0.29) is 24.4 Å². The first-order valence-corrected chi connectivity index (χ1v) is 15.4. The Morgan fingerprint density at radius 1 is 0.891 bits per heavy atom. The van der Waals surface area contributed by atoms with Gasteiger partial charge in [0.1, 0.15) is 18.0 Å². The number of methoxy groups -OCH3 is 2. The third-order valence-electron chi connectivity index (χ3n) is 9.12. The number of ether oxygens (including phenoxy) is 2. The summed E-state index contributed by atoms with van der Waals surface area (Å²) in [6, 6.07) is 20.4. The lowest BCUT2D eigenvalue weighted by molar-refractivity contribution is -0.136. The van der Waals surface area contributed by atoms with Crippen molar-refractivity contribution in [1.82, 2.24) is 10.0 Å². The molecule has 2 fully saturated rings. The monoisotopic (exact) mass is 618 g/mol. The van der Waals surface area contributed by atoms with Crippen LogP contribution in [-0.2, 0) is 14.4 Å². The predicted molar refractivity (Wildman–Crippen MR) is 171 cm³/mol. The summed E-state index contributed by atoms with van der Waals surface area (Å²) in [6.07, 6.45) is 4.79. The molecule has 0 spiro atoms. The second-order valence-electron chi connectivity index (χ2n) is 11.9. The minimum Gasteiger partial charge on any atom is -0.497 e. The van der Waals surface area contributed by atoms with Crippen molar-refractivity contribution in [2.75, 3.05) is 25.7 Å². The summed E-state index contributed by atoms with van der Waals surface area (Å²) >= 11 is 0. The lowest BCUT2D eigenvalue weighted by atomic mass is 9.77. The first-order valence-electron chi connectivity index (χ1n) is 15.4. The van der Waals surface area contributed by atoms with E-state index in [4.69, 9.17) is 14.6 Å². The number of nitrogens with zero attached hydrogens (tertiary/aromatic N) is 6. The number of carbonyl (C=O) groups excluding carboxylic acids is 3. The number of imide groups is 1. The van der Waals surface area contributed by atoms with Gasteiger partial charge in [0.25, 0.3) is 17.7 Å². The second kappa shape index (κ2) is 11.9. The van der Waals surface area contributed by atoms with Crippen molar-refractivity contribution in [3.8, 4) is 11.5 Å². The SMILES string of the molecule is COc1ccc(/C=C2\CCC[C@@H]3C2=NN(C(=O)CN2N=N[C@@H]4C(=O)N(c5ccc(C)cc5)C(=O)[C@H]42)[C@@H]3c2ccc(OC)cc2)cc1. The van der Waals surface area contributed by atoms with Gasteiger partial charge in [-0.2, -0.15) is 10.2 Å². The smallest absolute Gasteiger partial charge is 0.264 e. The van der Waals surface area contributed by atoms with E-state index in [9.17, 15) is 14.4 Å². The van der Waals surface area contributed by atoms with E-state index in [1.54, 1.807) is 26.4 Å². The number of fused-ring (bicyclic) bond motifs is 2. The molecule has 1 saturated carbocycles. The summed E-state index contributed by atoms with van der Waals surface area (Å²) in [7, 11) is 3.26. The van der Waals surface area contributed by atoms with Crippen LogP contribution >= 0.6 is 0 Å². The van der Waals surface area contributed by atoms with Gasteiger partial charge in [-0.3, -0.25) is 19.4 Å². The van der Waals surface area contributed by atoms with E-state index in [1.807, 2.05) is 67.6 Å². The summed E-state index contributed by atoms with van der Waals surface area (Å²) in [4.78, 5) is 42.1. The van der Waals surface area contributed by atoms with Gasteiger partial charge in [0.2, 0.25) is 0 Å². The molecule has 3 aliphatic heterocycles. The van der Waals surface area contributed by atoms with Crippen LogP contribution in [-0.4, -0.2) is 66.3 Å². The van der Waals surface area contributed by atoms with Gasteiger partial charge in [0.15, 0.2) is 12.1 Å². The predicted octanol–water partition coefficient (Wildman–Crippen LogP) is 5.13. The normalized spacial score (nSPS) is 24.4. The molecule has 0 radical (unpaired) electrons. The Hall–Kier alpha value is -5.32. The van der Waals surface area contributed by atoms with Gasteiger partial charge >= 0.3 is 0 Å². The highest BCUT2D eigenvalue weighted by Gasteiger charge is 2.55. The molecule has 3 aromatic rings. The Labute approximate surface area is 266 Å². The molecular weight excluding hydrogens is 584 g/mol. The molecule has 11 nitrogen and oxygen atoms in total. The first-order chi connectivity index (χ1) is 22.4. The molecular formula is C35H34N6O5. The zero-order chi connectivity index (χ0) is 31.9. The van der Waals surface area contributed by atoms with Crippen LogP contribution in [0.1, 0.15) is 42.0 Å². The topological polar surface area (TPSA) is 116 Å². The van der Waals surface area contributed by atoms with Crippen LogP contribution in [0.4, 0.5) is 5.69 Å². The number of carbonyl (C=O) groups is 3. The van der Waals surface area contributed by atoms with Crippen molar-refractivity contribution >= 4 is 35.2 Å². The van der Waals surface area contributed by atoms with Crippen LogP contribution in [0.2, 0.25) is 0 Å². The van der Waals surface area contributed by atoms with Crippen molar-refractivity contribution in [3.05, 3.63) is 95.1 Å². The summed E-state index contributed by atoms with van der Waals surface area (Å²) < 4.78 is 10.7.